The van der Waals surface area contributed by atoms with Crippen LogP contribution in [0.25, 0.3) is 0 Å². The van der Waals surface area contributed by atoms with Crippen molar-refractivity contribution in [3.05, 3.63) is 63.3 Å². The number of nitrogens with zero attached hydrogens (tertiary/aromatic N) is 3. The number of aromatic nitrogens is 1. The number of carbonyl (C=O) groups is 1. The SMILES string of the molecule is CN1C(=O)[C@](c2cccc(Br)c2)(c2ccnc(Cl)c2)N=C1N. The fourth-order valence-electron chi connectivity index (χ4n) is 2.53. The van der Waals surface area contributed by atoms with E-state index < -0.39 is 5.54 Å². The highest BCUT2D eigenvalue weighted by molar-refractivity contribution is 9.10. The fraction of sp³-hybridized carbons (Fsp3) is 0.133. The van der Waals surface area contributed by atoms with Gasteiger partial charge in [0.05, 0.1) is 0 Å². The van der Waals surface area contributed by atoms with E-state index in [0.29, 0.717) is 16.3 Å². The summed E-state index contributed by atoms with van der Waals surface area (Å²) in [5, 5.41) is 0.294. The average molecular weight is 380 g/mol. The molecule has 3 rings (SSSR count). The molecule has 0 aliphatic carbocycles. The molecule has 0 spiro atoms. The van der Waals surface area contributed by atoms with Crippen molar-refractivity contribution in [2.24, 2.45) is 10.7 Å². The number of aliphatic imine (C=N–C) groups is 1. The van der Waals surface area contributed by atoms with Gasteiger partial charge < -0.3 is 5.73 Å². The van der Waals surface area contributed by atoms with Gasteiger partial charge >= 0.3 is 0 Å². The van der Waals surface area contributed by atoms with E-state index in [4.69, 9.17) is 17.3 Å². The number of hydrogen-bond donors (Lipinski definition) is 1. The van der Waals surface area contributed by atoms with Gasteiger partial charge in [-0.25, -0.2) is 9.98 Å². The van der Waals surface area contributed by atoms with Crippen LogP contribution in [0.4, 0.5) is 0 Å². The molecular formula is C15H12BrClN4O. The molecule has 1 atom stereocenters. The molecule has 2 N–H and O–H groups in total. The predicted octanol–water partition coefficient (Wildman–Crippen LogP) is 2.53. The summed E-state index contributed by atoms with van der Waals surface area (Å²) in [6, 6.07) is 10.8. The maximum Gasteiger partial charge on any atom is 0.266 e. The lowest BCUT2D eigenvalue weighted by atomic mass is 9.83. The highest BCUT2D eigenvalue weighted by atomic mass is 79.9. The van der Waals surface area contributed by atoms with Crippen LogP contribution in [0.15, 0.2) is 52.1 Å². The Labute approximate surface area is 140 Å². The standard InChI is InChI=1S/C15H12BrClN4O/c1-21-13(22)15(20-14(21)18,9-3-2-4-11(16)7-9)10-5-6-19-12(17)8-10/h2-8H,1H3,(H2,18,20)/t15-/m0/s1. The van der Waals surface area contributed by atoms with Gasteiger partial charge in [-0.2, -0.15) is 0 Å². The zero-order chi connectivity index (χ0) is 15.9. The van der Waals surface area contributed by atoms with Gasteiger partial charge in [-0.3, -0.25) is 9.69 Å². The van der Waals surface area contributed by atoms with Gasteiger partial charge in [0.2, 0.25) is 0 Å². The summed E-state index contributed by atoms with van der Waals surface area (Å²) in [5.41, 5.74) is 5.99. The van der Waals surface area contributed by atoms with E-state index in [-0.39, 0.29) is 11.9 Å². The van der Waals surface area contributed by atoms with E-state index in [9.17, 15) is 4.79 Å². The Kier molecular flexibility index (Phi) is 3.66. The highest BCUT2D eigenvalue weighted by Crippen LogP contribution is 2.40. The molecule has 1 amide bonds. The Bertz CT molecular complexity index is 747. The first-order chi connectivity index (χ1) is 10.4. The number of carbonyl (C=O) groups excluding carboxylic acids is 1. The molecule has 0 radical (unpaired) electrons. The van der Waals surface area contributed by atoms with Crippen molar-refractivity contribution in [3.63, 3.8) is 0 Å². The average Bonchev–Trinajstić information content (AvgIpc) is 2.72. The Morgan fingerprint density at radius 2 is 2.00 bits per heavy atom. The van der Waals surface area contributed by atoms with E-state index in [0.717, 1.165) is 4.47 Å². The van der Waals surface area contributed by atoms with Gasteiger partial charge in [-0.1, -0.05) is 39.7 Å². The molecule has 1 aromatic heterocycles. The first-order valence-electron chi connectivity index (χ1n) is 6.46. The Balaban J connectivity index is 2.31. The van der Waals surface area contributed by atoms with Crippen molar-refractivity contribution in [2.75, 3.05) is 7.05 Å². The zero-order valence-electron chi connectivity index (χ0n) is 11.6. The first kappa shape index (κ1) is 15.0. The molecule has 0 unspecified atom stereocenters. The summed E-state index contributed by atoms with van der Waals surface area (Å²) in [7, 11) is 1.60. The molecule has 7 heteroatoms. The fourth-order valence-corrected chi connectivity index (χ4v) is 3.10. The van der Waals surface area contributed by atoms with E-state index in [1.54, 1.807) is 25.4 Å². The van der Waals surface area contributed by atoms with Crippen LogP contribution in [0, 0.1) is 0 Å². The van der Waals surface area contributed by atoms with Crippen LogP contribution in [-0.2, 0) is 10.3 Å². The van der Waals surface area contributed by atoms with E-state index >= 15 is 0 Å². The Morgan fingerprint density at radius 3 is 2.59 bits per heavy atom. The van der Waals surface area contributed by atoms with Crippen molar-refractivity contribution < 1.29 is 4.79 Å². The van der Waals surface area contributed by atoms with Crippen LogP contribution >= 0.6 is 27.5 Å². The number of pyridine rings is 1. The minimum Gasteiger partial charge on any atom is -0.369 e. The monoisotopic (exact) mass is 378 g/mol. The Hall–Kier alpha value is -1.92. The molecule has 0 fully saturated rings. The molecule has 1 aromatic carbocycles. The number of rotatable bonds is 2. The summed E-state index contributed by atoms with van der Waals surface area (Å²) >= 11 is 9.43. The third-order valence-corrected chi connectivity index (χ3v) is 4.33. The largest absolute Gasteiger partial charge is 0.369 e. The summed E-state index contributed by atoms with van der Waals surface area (Å²) < 4.78 is 0.848. The minimum atomic E-state index is -1.24. The second-order valence-electron chi connectivity index (χ2n) is 4.92. The number of halogens is 2. The van der Waals surface area contributed by atoms with Gasteiger partial charge in [-0.05, 0) is 35.4 Å². The van der Waals surface area contributed by atoms with Crippen LogP contribution < -0.4 is 5.73 Å². The van der Waals surface area contributed by atoms with Crippen LogP contribution in [0.3, 0.4) is 0 Å². The summed E-state index contributed by atoms with van der Waals surface area (Å²) in [6.45, 7) is 0. The van der Waals surface area contributed by atoms with Crippen molar-refractivity contribution in [1.82, 2.24) is 9.88 Å². The second-order valence-corrected chi connectivity index (χ2v) is 6.23. The predicted molar refractivity (Wildman–Crippen MR) is 88.6 cm³/mol. The number of nitrogens with two attached hydrogens (primary N) is 1. The molecule has 112 valence electrons. The summed E-state index contributed by atoms with van der Waals surface area (Å²) in [6.07, 6.45) is 1.55. The summed E-state index contributed by atoms with van der Waals surface area (Å²) in [5.74, 6) is -0.0664. The second kappa shape index (κ2) is 5.37. The van der Waals surface area contributed by atoms with Crippen molar-refractivity contribution in [3.8, 4) is 0 Å². The number of likely N-dealkylation sites (N-methyl/N-ethyl adjacent to an activating group) is 1. The highest BCUT2D eigenvalue weighted by Gasteiger charge is 2.49. The molecule has 22 heavy (non-hydrogen) atoms. The van der Waals surface area contributed by atoms with Crippen molar-refractivity contribution in [2.45, 2.75) is 5.54 Å². The van der Waals surface area contributed by atoms with Gasteiger partial charge in [0.25, 0.3) is 5.91 Å². The zero-order valence-corrected chi connectivity index (χ0v) is 14.0. The van der Waals surface area contributed by atoms with E-state index in [2.05, 4.69) is 25.9 Å². The molecule has 2 heterocycles. The third kappa shape index (κ3) is 2.19. The van der Waals surface area contributed by atoms with Gasteiger partial charge in [-0.15, -0.1) is 0 Å². The van der Waals surface area contributed by atoms with Crippen molar-refractivity contribution >= 4 is 39.4 Å². The van der Waals surface area contributed by atoms with Crippen LogP contribution in [0.2, 0.25) is 5.15 Å². The summed E-state index contributed by atoms with van der Waals surface area (Å²) in [4.78, 5) is 22.7. The van der Waals surface area contributed by atoms with Gasteiger partial charge in [0, 0.05) is 17.7 Å². The van der Waals surface area contributed by atoms with Crippen LogP contribution in [0.1, 0.15) is 11.1 Å². The molecule has 5 nitrogen and oxygen atoms in total. The topological polar surface area (TPSA) is 71.6 Å². The van der Waals surface area contributed by atoms with Crippen molar-refractivity contribution in [1.29, 1.82) is 0 Å². The smallest absolute Gasteiger partial charge is 0.266 e. The van der Waals surface area contributed by atoms with Crippen LogP contribution in [-0.4, -0.2) is 28.8 Å². The lowest BCUT2D eigenvalue weighted by Crippen LogP contribution is -2.41. The van der Waals surface area contributed by atoms with Crippen LogP contribution in [0.5, 0.6) is 0 Å². The molecule has 1 aliphatic rings. The van der Waals surface area contributed by atoms with E-state index in [1.807, 2.05) is 24.3 Å². The van der Waals surface area contributed by atoms with Gasteiger partial charge in [0.15, 0.2) is 11.5 Å². The lowest BCUT2D eigenvalue weighted by molar-refractivity contribution is -0.129. The molecule has 0 bridgehead atoms. The number of guanidine groups is 1. The number of hydrogen-bond acceptors (Lipinski definition) is 4. The first-order valence-corrected chi connectivity index (χ1v) is 7.64. The number of benzene rings is 1. The van der Waals surface area contributed by atoms with E-state index in [1.165, 1.54) is 4.90 Å². The molecular weight excluding hydrogens is 368 g/mol. The number of amides is 1. The third-order valence-electron chi connectivity index (χ3n) is 3.63. The normalized spacial score (nSPS) is 21.1. The molecule has 0 saturated heterocycles. The lowest BCUT2D eigenvalue weighted by Gasteiger charge is -2.26. The maximum absolute atomic E-state index is 12.9. The Morgan fingerprint density at radius 1 is 1.27 bits per heavy atom. The molecule has 2 aromatic rings. The molecule has 1 aliphatic heterocycles. The molecule has 0 saturated carbocycles. The maximum atomic E-state index is 12.9. The quantitative estimate of drug-likeness (QED) is 0.815. The van der Waals surface area contributed by atoms with Gasteiger partial charge in [0.1, 0.15) is 5.15 Å². The minimum absolute atomic E-state index is 0.165.